The van der Waals surface area contributed by atoms with E-state index in [4.69, 9.17) is 0 Å². The molecule has 1 aromatic carbocycles. The fourth-order valence-electron chi connectivity index (χ4n) is 2.67. The van der Waals surface area contributed by atoms with E-state index in [0.29, 0.717) is 10.6 Å². The summed E-state index contributed by atoms with van der Waals surface area (Å²) < 4.78 is 1.89. The monoisotopic (exact) mass is 380 g/mol. The van der Waals surface area contributed by atoms with Crippen LogP contribution in [-0.2, 0) is 0 Å². The molecule has 0 spiro atoms. The van der Waals surface area contributed by atoms with Crippen LogP contribution in [0.3, 0.4) is 0 Å². The van der Waals surface area contributed by atoms with Crippen LogP contribution in [0, 0.1) is 6.92 Å². The van der Waals surface area contributed by atoms with Crippen molar-refractivity contribution in [3.8, 4) is 5.69 Å². The Balaban J connectivity index is 1.65. The molecule has 26 heavy (non-hydrogen) atoms. The maximum absolute atomic E-state index is 12.6. The number of hydrogen-bond donors (Lipinski definition) is 1. The summed E-state index contributed by atoms with van der Waals surface area (Å²) in [6, 6.07) is 15.6. The number of pyridine rings is 1. The van der Waals surface area contributed by atoms with Gasteiger partial charge in [0.1, 0.15) is 4.83 Å². The number of rotatable bonds is 4. The number of anilines is 1. The number of nitrogens with zero attached hydrogens (tertiary/aromatic N) is 3. The van der Waals surface area contributed by atoms with Gasteiger partial charge in [-0.05, 0) is 43.5 Å². The van der Waals surface area contributed by atoms with Crippen molar-refractivity contribution in [2.24, 2.45) is 0 Å². The van der Waals surface area contributed by atoms with Gasteiger partial charge in [-0.25, -0.2) is 9.67 Å². The topological polar surface area (TPSA) is 59.8 Å². The Morgan fingerprint density at radius 1 is 1.19 bits per heavy atom. The van der Waals surface area contributed by atoms with Crippen molar-refractivity contribution in [3.05, 3.63) is 65.3 Å². The van der Waals surface area contributed by atoms with Gasteiger partial charge >= 0.3 is 0 Å². The third kappa shape index (κ3) is 3.11. The summed E-state index contributed by atoms with van der Waals surface area (Å²) in [6.07, 6.45) is 3.64. The standard InChI is InChI=1S/C19H16N4OS2/c1-12-15-10-16(18(24)21-13-8-9-17(25-2)20-11-13)26-19(15)23(22-12)14-6-4-3-5-7-14/h3-11H,1-2H3,(H,21,24). The maximum atomic E-state index is 12.6. The highest BCUT2D eigenvalue weighted by Crippen LogP contribution is 2.30. The van der Waals surface area contributed by atoms with Crippen LogP contribution in [0.1, 0.15) is 15.4 Å². The van der Waals surface area contributed by atoms with Crippen LogP contribution >= 0.6 is 23.1 Å². The zero-order chi connectivity index (χ0) is 18.1. The number of carbonyl (C=O) groups is 1. The van der Waals surface area contributed by atoms with Gasteiger partial charge in [-0.2, -0.15) is 5.10 Å². The van der Waals surface area contributed by atoms with Gasteiger partial charge in [0, 0.05) is 5.39 Å². The fraction of sp³-hybridized carbons (Fsp3) is 0.105. The number of hydrogen-bond acceptors (Lipinski definition) is 5. The van der Waals surface area contributed by atoms with Gasteiger partial charge in [0.05, 0.1) is 33.2 Å². The lowest BCUT2D eigenvalue weighted by atomic mass is 10.3. The minimum Gasteiger partial charge on any atom is -0.320 e. The van der Waals surface area contributed by atoms with Gasteiger partial charge < -0.3 is 5.32 Å². The quantitative estimate of drug-likeness (QED) is 0.518. The minimum absolute atomic E-state index is 0.135. The molecule has 0 bridgehead atoms. The van der Waals surface area contributed by atoms with Gasteiger partial charge in [0.15, 0.2) is 0 Å². The summed E-state index contributed by atoms with van der Waals surface area (Å²) in [5, 5.41) is 9.44. The summed E-state index contributed by atoms with van der Waals surface area (Å²) in [7, 11) is 0. The molecule has 0 radical (unpaired) electrons. The highest BCUT2D eigenvalue weighted by molar-refractivity contribution is 7.98. The Morgan fingerprint density at radius 3 is 2.69 bits per heavy atom. The molecule has 4 rings (SSSR count). The molecule has 0 fully saturated rings. The predicted molar refractivity (Wildman–Crippen MR) is 108 cm³/mol. The minimum atomic E-state index is -0.135. The molecule has 1 N–H and O–H groups in total. The Hall–Kier alpha value is -2.64. The van der Waals surface area contributed by atoms with Crippen molar-refractivity contribution in [1.29, 1.82) is 0 Å². The smallest absolute Gasteiger partial charge is 0.265 e. The predicted octanol–water partition coefficient (Wildman–Crippen LogP) is 4.76. The van der Waals surface area contributed by atoms with E-state index in [1.54, 1.807) is 18.0 Å². The molecule has 4 aromatic rings. The highest BCUT2D eigenvalue weighted by Gasteiger charge is 2.17. The summed E-state index contributed by atoms with van der Waals surface area (Å²) in [6.45, 7) is 1.96. The third-order valence-corrected chi connectivity index (χ3v) is 5.74. The van der Waals surface area contributed by atoms with Crippen LogP contribution in [0.25, 0.3) is 15.9 Å². The number of benzene rings is 1. The number of fused-ring (bicyclic) bond motifs is 1. The van der Waals surface area contributed by atoms with E-state index in [-0.39, 0.29) is 5.91 Å². The van der Waals surface area contributed by atoms with Gasteiger partial charge in [-0.3, -0.25) is 4.79 Å². The first-order valence-corrected chi connectivity index (χ1v) is 10.1. The molecular formula is C19H16N4OS2. The Labute approximate surface area is 159 Å². The van der Waals surface area contributed by atoms with Crippen molar-refractivity contribution in [2.45, 2.75) is 11.9 Å². The number of aryl methyl sites for hydroxylation is 1. The third-order valence-electron chi connectivity index (χ3n) is 3.97. The SMILES string of the molecule is CSc1ccc(NC(=O)c2cc3c(C)nn(-c4ccccc4)c3s2)cn1. The number of thiophene rings is 1. The zero-order valence-electron chi connectivity index (χ0n) is 14.3. The molecule has 0 saturated heterocycles. The summed E-state index contributed by atoms with van der Waals surface area (Å²) in [5.41, 5.74) is 2.58. The average molecular weight is 380 g/mol. The molecule has 130 valence electrons. The van der Waals surface area contributed by atoms with Crippen molar-refractivity contribution < 1.29 is 4.79 Å². The number of para-hydroxylation sites is 1. The normalized spacial score (nSPS) is 11.0. The van der Waals surface area contributed by atoms with E-state index in [1.165, 1.54) is 11.3 Å². The van der Waals surface area contributed by atoms with E-state index in [9.17, 15) is 4.79 Å². The first-order valence-electron chi connectivity index (χ1n) is 8.01. The van der Waals surface area contributed by atoms with E-state index in [0.717, 1.165) is 26.6 Å². The molecular weight excluding hydrogens is 364 g/mol. The van der Waals surface area contributed by atoms with Gasteiger partial charge in [0.25, 0.3) is 5.91 Å². The maximum Gasteiger partial charge on any atom is 0.265 e. The highest BCUT2D eigenvalue weighted by atomic mass is 32.2. The number of thioether (sulfide) groups is 1. The number of amides is 1. The first kappa shape index (κ1) is 16.8. The summed E-state index contributed by atoms with van der Waals surface area (Å²) >= 11 is 3.01. The largest absolute Gasteiger partial charge is 0.320 e. The van der Waals surface area contributed by atoms with Gasteiger partial charge in [0.2, 0.25) is 0 Å². The first-order chi connectivity index (χ1) is 12.7. The molecule has 3 heterocycles. The summed E-state index contributed by atoms with van der Waals surface area (Å²) in [5.74, 6) is -0.135. The van der Waals surface area contributed by atoms with Crippen molar-refractivity contribution in [3.63, 3.8) is 0 Å². The molecule has 0 aliphatic carbocycles. The van der Waals surface area contributed by atoms with Crippen molar-refractivity contribution >= 4 is 44.9 Å². The number of aromatic nitrogens is 3. The van der Waals surface area contributed by atoms with Crippen LogP contribution in [-0.4, -0.2) is 26.9 Å². The average Bonchev–Trinajstić information content (AvgIpc) is 3.24. The summed E-state index contributed by atoms with van der Waals surface area (Å²) in [4.78, 5) is 18.5. The molecule has 0 aliphatic rings. The fourth-order valence-corrected chi connectivity index (χ4v) is 4.11. The van der Waals surface area contributed by atoms with E-state index in [1.807, 2.05) is 66.4 Å². The van der Waals surface area contributed by atoms with Crippen LogP contribution in [0.4, 0.5) is 5.69 Å². The molecule has 7 heteroatoms. The molecule has 3 aromatic heterocycles. The lowest BCUT2D eigenvalue weighted by molar-refractivity contribution is 0.103. The molecule has 0 saturated carbocycles. The molecule has 5 nitrogen and oxygen atoms in total. The van der Waals surface area contributed by atoms with Crippen LogP contribution < -0.4 is 5.32 Å². The second kappa shape index (κ2) is 6.93. The molecule has 0 aliphatic heterocycles. The zero-order valence-corrected chi connectivity index (χ0v) is 15.9. The lowest BCUT2D eigenvalue weighted by Gasteiger charge is -2.04. The second-order valence-electron chi connectivity index (χ2n) is 5.71. The van der Waals surface area contributed by atoms with Crippen LogP contribution in [0.5, 0.6) is 0 Å². The lowest BCUT2D eigenvalue weighted by Crippen LogP contribution is -2.10. The van der Waals surface area contributed by atoms with Crippen LogP contribution in [0.2, 0.25) is 0 Å². The molecule has 0 atom stereocenters. The Kier molecular flexibility index (Phi) is 4.48. The van der Waals surface area contributed by atoms with Crippen molar-refractivity contribution in [1.82, 2.24) is 14.8 Å². The molecule has 1 amide bonds. The van der Waals surface area contributed by atoms with Gasteiger partial charge in [-0.15, -0.1) is 23.1 Å². The van der Waals surface area contributed by atoms with Crippen LogP contribution in [0.15, 0.2) is 59.8 Å². The number of nitrogens with one attached hydrogen (secondary N) is 1. The van der Waals surface area contributed by atoms with Gasteiger partial charge in [-0.1, -0.05) is 18.2 Å². The second-order valence-corrected chi connectivity index (χ2v) is 7.56. The Bertz CT molecular complexity index is 1070. The van der Waals surface area contributed by atoms with Crippen molar-refractivity contribution in [2.75, 3.05) is 11.6 Å². The van der Waals surface area contributed by atoms with E-state index >= 15 is 0 Å². The van der Waals surface area contributed by atoms with E-state index < -0.39 is 0 Å². The van der Waals surface area contributed by atoms with E-state index in [2.05, 4.69) is 15.4 Å². The Morgan fingerprint density at radius 2 is 2.00 bits per heavy atom. The number of carbonyl (C=O) groups excluding carboxylic acids is 1. The molecule has 0 unspecified atom stereocenters.